The second kappa shape index (κ2) is 29.5. The summed E-state index contributed by atoms with van der Waals surface area (Å²) in [5, 5.41) is 4.36. The average Bonchev–Trinajstić information content (AvgIpc) is 4.15. The fourth-order valence-electron chi connectivity index (χ4n) is 8.93. The Hall–Kier alpha value is -5.17. The summed E-state index contributed by atoms with van der Waals surface area (Å²) >= 11 is 0. The van der Waals surface area contributed by atoms with E-state index in [4.69, 9.17) is 0 Å². The Morgan fingerprint density at radius 1 is 0.514 bits per heavy atom. The summed E-state index contributed by atoms with van der Waals surface area (Å²) in [6.07, 6.45) is 16.3. The van der Waals surface area contributed by atoms with Crippen molar-refractivity contribution in [3.8, 4) is 56.7 Å². The molecule has 381 valence electrons. The molecule has 0 atom stereocenters. The van der Waals surface area contributed by atoms with Gasteiger partial charge < -0.3 is 9.13 Å². The van der Waals surface area contributed by atoms with Gasteiger partial charge in [-0.25, -0.2) is 0 Å². The third-order valence-electron chi connectivity index (χ3n) is 12.3. The van der Waals surface area contributed by atoms with E-state index in [2.05, 4.69) is 176 Å². The summed E-state index contributed by atoms with van der Waals surface area (Å²) in [6, 6.07) is 53.7. The molecular weight excluding hydrogens is 1420 g/mol. The van der Waals surface area contributed by atoms with E-state index in [0.717, 1.165) is 52.8 Å². The molecule has 0 aliphatic heterocycles. The van der Waals surface area contributed by atoms with Crippen molar-refractivity contribution in [2.75, 3.05) is 0 Å². The molecule has 0 aliphatic rings. The number of hydrogen-bond donors (Lipinski definition) is 0. The minimum atomic E-state index is 0. The molecule has 3 radical (unpaired) electrons. The number of aromatic nitrogens is 7. The van der Waals surface area contributed by atoms with Crippen molar-refractivity contribution in [3.05, 3.63) is 204 Å². The summed E-state index contributed by atoms with van der Waals surface area (Å²) in [7, 11) is 1.92. The van der Waals surface area contributed by atoms with Crippen molar-refractivity contribution in [2.45, 2.75) is 112 Å². The fourth-order valence-corrected chi connectivity index (χ4v) is 8.93. The number of hydrogen-bond acceptors (Lipinski definition) is 4. The number of rotatable bonds is 15. The summed E-state index contributed by atoms with van der Waals surface area (Å²) in [4.78, 5) is 13.7. The first-order chi connectivity index (χ1) is 33.6. The molecular formula is C62H68Ir3N7-3. The van der Waals surface area contributed by atoms with Crippen LogP contribution in [0.2, 0.25) is 0 Å². The van der Waals surface area contributed by atoms with Gasteiger partial charge in [0, 0.05) is 110 Å². The van der Waals surface area contributed by atoms with Crippen LogP contribution in [-0.2, 0) is 80.2 Å². The molecule has 9 rings (SSSR count). The molecule has 0 bridgehead atoms. The molecule has 3 aromatic heterocycles. The van der Waals surface area contributed by atoms with Gasteiger partial charge in [-0.05, 0) is 96.0 Å². The standard InChI is InChI=1S/C27H27N2.C23H27N2.C12H14N3.3Ir/c1-19(2)24-17-23(21-11-7-5-8-12-21)18-25(20(3)4)26(24)29-16-15-28-27(29)22-13-9-6-10-14-22;1-4-5-6-8-11-20-16-18(2)22(19(3)17-20)25-15-14-24-23(25)21-12-9-7-10-13-21;1-3-7-11-13-12(15(2)14-11)10-8-5-4-6-9-10;;;/h5-13,15-20H,1-4H3;7,9-10,12,14-17H,4-6,8,11H2,1-3H3;4-6,8H,3,7H2,1-2H3;;;/q3*-1;;;. The molecule has 0 N–H and O–H groups in total. The monoisotopic (exact) mass is 1490 g/mol. The van der Waals surface area contributed by atoms with Gasteiger partial charge in [0.25, 0.3) is 0 Å². The molecule has 10 heteroatoms. The topological polar surface area (TPSA) is 66.3 Å². The van der Waals surface area contributed by atoms with E-state index in [0.29, 0.717) is 11.8 Å². The Balaban J connectivity index is 0.000000240. The molecule has 0 saturated heterocycles. The predicted molar refractivity (Wildman–Crippen MR) is 286 cm³/mol. The molecule has 0 aliphatic carbocycles. The minimum absolute atomic E-state index is 0. The van der Waals surface area contributed by atoms with Gasteiger partial charge in [0.2, 0.25) is 0 Å². The zero-order chi connectivity index (χ0) is 48.7. The molecule has 7 nitrogen and oxygen atoms in total. The number of benzene rings is 6. The number of unbranched alkanes of at least 4 members (excludes halogenated alkanes) is 3. The summed E-state index contributed by atoms with van der Waals surface area (Å²) in [5.41, 5.74) is 14.8. The smallest absolute Gasteiger partial charge is 0.140 e. The van der Waals surface area contributed by atoms with E-state index in [1.54, 1.807) is 0 Å². The first-order valence-corrected chi connectivity index (χ1v) is 24.8. The van der Waals surface area contributed by atoms with Gasteiger partial charge in [-0.2, -0.15) is 5.10 Å². The van der Waals surface area contributed by atoms with E-state index >= 15 is 0 Å². The molecule has 6 aromatic carbocycles. The average molecular weight is 1490 g/mol. The van der Waals surface area contributed by atoms with Gasteiger partial charge in [-0.1, -0.05) is 103 Å². The molecule has 0 spiro atoms. The normalized spacial score (nSPS) is 10.6. The van der Waals surface area contributed by atoms with Crippen LogP contribution >= 0.6 is 0 Å². The second-order valence-electron chi connectivity index (χ2n) is 18.4. The molecule has 72 heavy (non-hydrogen) atoms. The number of imidazole rings is 2. The Morgan fingerprint density at radius 2 is 1.00 bits per heavy atom. The van der Waals surface area contributed by atoms with Crippen LogP contribution in [0, 0.1) is 32.0 Å². The maximum Gasteiger partial charge on any atom is 0.140 e. The van der Waals surface area contributed by atoms with Crippen LogP contribution in [0.25, 0.3) is 56.7 Å². The van der Waals surface area contributed by atoms with Gasteiger partial charge in [0.1, 0.15) is 5.82 Å². The van der Waals surface area contributed by atoms with Gasteiger partial charge in [0.15, 0.2) is 0 Å². The quantitative estimate of drug-likeness (QED) is 0.0758. The van der Waals surface area contributed by atoms with E-state index in [9.17, 15) is 0 Å². The molecule has 3 heterocycles. The van der Waals surface area contributed by atoms with Gasteiger partial charge in [-0.15, -0.1) is 108 Å². The van der Waals surface area contributed by atoms with Gasteiger partial charge in [-0.3, -0.25) is 19.6 Å². The Morgan fingerprint density at radius 3 is 1.46 bits per heavy atom. The molecule has 0 amide bonds. The van der Waals surface area contributed by atoms with Crippen LogP contribution in [0.3, 0.4) is 0 Å². The Bertz CT molecular complexity index is 2920. The SMILES string of the molecule is CC(C)c1cc(-c2ccccc2)cc(C(C)C)c1-n1ccnc1-c1[c-]cccc1.CCCCCCc1cc(C)c(-n2ccnc2-c2[c-]cccc2)c(C)c1.CCCc1nc(-c2[c-]cccc2)n(C)n1.[Ir].[Ir].[Ir]. The predicted octanol–water partition coefficient (Wildman–Crippen LogP) is 15.6. The minimum Gasteiger partial charge on any atom is -0.340 e. The van der Waals surface area contributed by atoms with Crippen molar-refractivity contribution < 1.29 is 60.3 Å². The number of nitrogens with zero attached hydrogens (tertiary/aromatic N) is 7. The van der Waals surface area contributed by atoms with E-state index < -0.39 is 0 Å². The molecule has 9 aromatic rings. The zero-order valence-electron chi connectivity index (χ0n) is 43.2. The molecule has 0 unspecified atom stereocenters. The largest absolute Gasteiger partial charge is 0.340 e. The molecule has 0 fully saturated rings. The first kappa shape index (κ1) is 59.4. The third-order valence-corrected chi connectivity index (χ3v) is 12.3. The number of aryl methyl sites for hydroxylation is 5. The summed E-state index contributed by atoms with van der Waals surface area (Å²) in [5.74, 6) is 4.46. The first-order valence-electron chi connectivity index (χ1n) is 24.8. The van der Waals surface area contributed by atoms with Crippen LogP contribution in [0.15, 0.2) is 152 Å². The van der Waals surface area contributed by atoms with E-state index in [-0.39, 0.29) is 60.3 Å². The Labute approximate surface area is 470 Å². The van der Waals surface area contributed by atoms with Crippen LogP contribution < -0.4 is 0 Å². The maximum atomic E-state index is 4.68. The third kappa shape index (κ3) is 15.2. The maximum absolute atomic E-state index is 4.68. The second-order valence-corrected chi connectivity index (χ2v) is 18.4. The van der Waals surface area contributed by atoms with Crippen LogP contribution in [0.5, 0.6) is 0 Å². The van der Waals surface area contributed by atoms with Crippen molar-refractivity contribution in [3.63, 3.8) is 0 Å². The fraction of sp³-hybridized carbons (Fsp3) is 0.290. The van der Waals surface area contributed by atoms with E-state index in [1.807, 2.05) is 91.0 Å². The van der Waals surface area contributed by atoms with Gasteiger partial charge in [0.05, 0.1) is 17.5 Å². The van der Waals surface area contributed by atoms with Crippen molar-refractivity contribution in [2.24, 2.45) is 7.05 Å². The van der Waals surface area contributed by atoms with Crippen LogP contribution in [0.4, 0.5) is 0 Å². The van der Waals surface area contributed by atoms with Crippen molar-refractivity contribution in [1.29, 1.82) is 0 Å². The molecule has 0 saturated carbocycles. The zero-order valence-corrected chi connectivity index (χ0v) is 50.4. The van der Waals surface area contributed by atoms with Crippen LogP contribution in [0.1, 0.15) is 119 Å². The summed E-state index contributed by atoms with van der Waals surface area (Å²) < 4.78 is 6.25. The van der Waals surface area contributed by atoms with Gasteiger partial charge >= 0.3 is 0 Å². The van der Waals surface area contributed by atoms with Crippen LogP contribution in [-0.4, -0.2) is 33.9 Å². The van der Waals surface area contributed by atoms with Crippen molar-refractivity contribution in [1.82, 2.24) is 33.9 Å². The summed E-state index contributed by atoms with van der Waals surface area (Å²) in [6.45, 7) is 17.9. The van der Waals surface area contributed by atoms with E-state index in [1.165, 1.54) is 82.4 Å². The Kier molecular flexibility index (Phi) is 24.3. The van der Waals surface area contributed by atoms with Crippen molar-refractivity contribution >= 4 is 0 Å².